The largest absolute Gasteiger partial charge is 0.497 e. The van der Waals surface area contributed by atoms with Gasteiger partial charge in [0.15, 0.2) is 0 Å². The Kier molecular flexibility index (Phi) is 4.66. The summed E-state index contributed by atoms with van der Waals surface area (Å²) in [6.45, 7) is 0.219. The second kappa shape index (κ2) is 6.65. The quantitative estimate of drug-likeness (QED) is 0.885. The lowest BCUT2D eigenvalue weighted by atomic mass is 10.2. The lowest BCUT2D eigenvalue weighted by Crippen LogP contribution is -2.04. The molecule has 5 nitrogen and oxygen atoms in total. The van der Waals surface area contributed by atoms with Gasteiger partial charge < -0.3 is 19.3 Å². The second-order valence-electron chi connectivity index (χ2n) is 4.27. The van der Waals surface area contributed by atoms with Crippen LogP contribution in [0, 0.1) is 0 Å². The zero-order chi connectivity index (χ0) is 15.2. The number of rotatable bonds is 6. The van der Waals surface area contributed by atoms with E-state index in [1.807, 2.05) is 24.3 Å². The Balaban J connectivity index is 2.21. The van der Waals surface area contributed by atoms with Crippen LogP contribution in [0.5, 0.6) is 17.2 Å². The lowest BCUT2D eigenvalue weighted by Gasteiger charge is -2.12. The van der Waals surface area contributed by atoms with Gasteiger partial charge in [0.05, 0.1) is 14.2 Å². The first-order valence-corrected chi connectivity index (χ1v) is 6.31. The highest BCUT2D eigenvalue weighted by Crippen LogP contribution is 2.26. The number of hydrogen-bond donors (Lipinski definition) is 1. The van der Waals surface area contributed by atoms with E-state index in [1.54, 1.807) is 19.2 Å². The molecular formula is C16H16O5. The number of methoxy groups -OCH3 is 2. The summed E-state index contributed by atoms with van der Waals surface area (Å²) in [5.41, 5.74) is 0.899. The van der Waals surface area contributed by atoms with Crippen molar-refractivity contribution in [3.63, 3.8) is 0 Å². The molecule has 0 aromatic heterocycles. The standard InChI is InChI=1S/C16H16O5/c1-19-12-7-8-15(13(9-12)16(17)18)21-10-11-5-3-4-6-14(11)20-2/h3-9H,10H2,1-2H3,(H,17,18). The van der Waals surface area contributed by atoms with Crippen molar-refractivity contribution in [3.8, 4) is 17.2 Å². The van der Waals surface area contributed by atoms with E-state index >= 15 is 0 Å². The van der Waals surface area contributed by atoms with Crippen molar-refractivity contribution in [2.45, 2.75) is 6.61 Å². The third kappa shape index (κ3) is 3.45. The topological polar surface area (TPSA) is 65.0 Å². The summed E-state index contributed by atoms with van der Waals surface area (Å²) in [6.07, 6.45) is 0. The third-order valence-electron chi connectivity index (χ3n) is 2.99. The van der Waals surface area contributed by atoms with Crippen LogP contribution in [0.15, 0.2) is 42.5 Å². The molecule has 0 saturated heterocycles. The minimum atomic E-state index is -1.07. The second-order valence-corrected chi connectivity index (χ2v) is 4.27. The Morgan fingerprint density at radius 3 is 2.48 bits per heavy atom. The van der Waals surface area contributed by atoms with Gasteiger partial charge in [-0.15, -0.1) is 0 Å². The number of hydrogen-bond acceptors (Lipinski definition) is 4. The van der Waals surface area contributed by atoms with E-state index < -0.39 is 5.97 Å². The minimum Gasteiger partial charge on any atom is -0.497 e. The van der Waals surface area contributed by atoms with Gasteiger partial charge in [-0.1, -0.05) is 18.2 Å². The van der Waals surface area contributed by atoms with Gasteiger partial charge in [0.1, 0.15) is 29.4 Å². The zero-order valence-electron chi connectivity index (χ0n) is 11.8. The first-order chi connectivity index (χ1) is 10.2. The number of para-hydroxylation sites is 1. The molecule has 110 valence electrons. The molecule has 0 aliphatic carbocycles. The SMILES string of the molecule is COc1ccc(OCc2ccccc2OC)c(C(=O)O)c1. The molecule has 0 saturated carbocycles. The average Bonchev–Trinajstić information content (AvgIpc) is 2.52. The van der Waals surface area contributed by atoms with Crippen molar-refractivity contribution < 1.29 is 24.1 Å². The van der Waals surface area contributed by atoms with E-state index in [9.17, 15) is 9.90 Å². The molecule has 2 aromatic rings. The Bertz CT molecular complexity index is 636. The number of aromatic carboxylic acids is 1. The van der Waals surface area contributed by atoms with Crippen LogP contribution in [-0.2, 0) is 6.61 Å². The summed E-state index contributed by atoms with van der Waals surface area (Å²) in [5, 5.41) is 9.22. The Morgan fingerprint density at radius 2 is 1.81 bits per heavy atom. The van der Waals surface area contributed by atoms with Crippen LogP contribution in [0.3, 0.4) is 0 Å². The molecule has 0 aliphatic heterocycles. The zero-order valence-corrected chi connectivity index (χ0v) is 11.8. The highest BCUT2D eigenvalue weighted by atomic mass is 16.5. The van der Waals surface area contributed by atoms with E-state index in [0.717, 1.165) is 5.56 Å². The highest BCUT2D eigenvalue weighted by molar-refractivity contribution is 5.91. The van der Waals surface area contributed by atoms with E-state index in [4.69, 9.17) is 14.2 Å². The van der Waals surface area contributed by atoms with Crippen LogP contribution in [0.4, 0.5) is 0 Å². The molecule has 0 atom stereocenters. The molecule has 0 fully saturated rings. The van der Waals surface area contributed by atoms with Crippen molar-refractivity contribution in [2.24, 2.45) is 0 Å². The van der Waals surface area contributed by atoms with Gasteiger partial charge in [-0.3, -0.25) is 0 Å². The van der Waals surface area contributed by atoms with Crippen molar-refractivity contribution in [1.82, 2.24) is 0 Å². The van der Waals surface area contributed by atoms with Crippen molar-refractivity contribution >= 4 is 5.97 Å². The number of benzene rings is 2. The van der Waals surface area contributed by atoms with Crippen LogP contribution < -0.4 is 14.2 Å². The van der Waals surface area contributed by atoms with Gasteiger partial charge in [0.2, 0.25) is 0 Å². The van der Waals surface area contributed by atoms with Crippen molar-refractivity contribution in [2.75, 3.05) is 14.2 Å². The molecule has 2 aromatic carbocycles. The molecule has 21 heavy (non-hydrogen) atoms. The summed E-state index contributed by atoms with van der Waals surface area (Å²) in [5.74, 6) is 0.387. The minimum absolute atomic E-state index is 0.0595. The average molecular weight is 288 g/mol. The van der Waals surface area contributed by atoms with E-state index in [1.165, 1.54) is 13.2 Å². The molecule has 0 bridgehead atoms. The van der Waals surface area contributed by atoms with Crippen molar-refractivity contribution in [1.29, 1.82) is 0 Å². The van der Waals surface area contributed by atoms with Crippen LogP contribution in [0.1, 0.15) is 15.9 Å². The maximum absolute atomic E-state index is 11.3. The number of carboxylic acids is 1. The highest BCUT2D eigenvalue weighted by Gasteiger charge is 2.13. The van der Waals surface area contributed by atoms with Gasteiger partial charge in [-0.25, -0.2) is 4.79 Å². The van der Waals surface area contributed by atoms with Crippen molar-refractivity contribution in [3.05, 3.63) is 53.6 Å². The number of ether oxygens (including phenoxy) is 3. The molecule has 0 radical (unpaired) electrons. The molecule has 1 N–H and O–H groups in total. The molecule has 2 rings (SSSR count). The monoisotopic (exact) mass is 288 g/mol. The maximum Gasteiger partial charge on any atom is 0.339 e. The van der Waals surface area contributed by atoms with E-state index in [-0.39, 0.29) is 17.9 Å². The van der Waals surface area contributed by atoms with Gasteiger partial charge in [-0.2, -0.15) is 0 Å². The van der Waals surface area contributed by atoms with Gasteiger partial charge in [0, 0.05) is 5.56 Å². The van der Waals surface area contributed by atoms with E-state index in [2.05, 4.69) is 0 Å². The fraction of sp³-hybridized carbons (Fsp3) is 0.188. The maximum atomic E-state index is 11.3. The van der Waals surface area contributed by atoms with E-state index in [0.29, 0.717) is 11.5 Å². The lowest BCUT2D eigenvalue weighted by molar-refractivity contribution is 0.0691. The van der Waals surface area contributed by atoms with Gasteiger partial charge in [0.25, 0.3) is 0 Å². The fourth-order valence-corrected chi connectivity index (χ4v) is 1.91. The summed E-state index contributed by atoms with van der Waals surface area (Å²) < 4.78 is 15.9. The number of carboxylic acid groups (broad SMARTS) is 1. The summed E-state index contributed by atoms with van der Waals surface area (Å²) >= 11 is 0. The van der Waals surface area contributed by atoms with Crippen LogP contribution in [0.2, 0.25) is 0 Å². The molecule has 5 heteroatoms. The Hall–Kier alpha value is -2.69. The molecule has 0 unspecified atom stereocenters. The third-order valence-corrected chi connectivity index (χ3v) is 2.99. The first kappa shape index (κ1) is 14.7. The van der Waals surface area contributed by atoms with Gasteiger partial charge >= 0.3 is 5.97 Å². The molecule has 0 aliphatic rings. The fourth-order valence-electron chi connectivity index (χ4n) is 1.91. The van der Waals surface area contributed by atoms with Crippen LogP contribution in [0.25, 0.3) is 0 Å². The molecule has 0 spiro atoms. The summed E-state index contributed by atoms with van der Waals surface area (Å²) in [4.78, 5) is 11.3. The van der Waals surface area contributed by atoms with Crippen LogP contribution in [-0.4, -0.2) is 25.3 Å². The molecule has 0 heterocycles. The molecule has 0 amide bonds. The first-order valence-electron chi connectivity index (χ1n) is 6.31. The smallest absolute Gasteiger partial charge is 0.339 e. The summed E-state index contributed by atoms with van der Waals surface area (Å²) in [7, 11) is 3.06. The Morgan fingerprint density at radius 1 is 1.05 bits per heavy atom. The molecular weight excluding hydrogens is 272 g/mol. The predicted octanol–water partition coefficient (Wildman–Crippen LogP) is 2.98. The Labute approximate surface area is 122 Å². The predicted molar refractivity (Wildman–Crippen MR) is 77.3 cm³/mol. The normalized spacial score (nSPS) is 10.0. The summed E-state index contributed by atoms with van der Waals surface area (Å²) in [6, 6.07) is 12.1. The number of carbonyl (C=O) groups is 1. The van der Waals surface area contributed by atoms with Crippen LogP contribution >= 0.6 is 0 Å². The van der Waals surface area contributed by atoms with Gasteiger partial charge in [-0.05, 0) is 24.3 Å².